The normalized spacial score (nSPS) is 16.6. The van der Waals surface area contributed by atoms with E-state index in [1.807, 2.05) is 0 Å². The molecular weight excluding hydrogens is 347 g/mol. The Morgan fingerprint density at radius 2 is 1.84 bits per heavy atom. The van der Waals surface area contributed by atoms with E-state index >= 15 is 0 Å². The quantitative estimate of drug-likeness (QED) is 0.878. The molecule has 110 valence electrons. The summed E-state index contributed by atoms with van der Waals surface area (Å²) in [5.74, 6) is 0.746. The number of likely N-dealkylation sites (tertiary alicyclic amines) is 1. The maximum absolute atomic E-state index is 5.72. The Kier molecular flexibility index (Phi) is 9.29. The molecule has 2 N–H and O–H groups in total. The molecule has 1 heterocycles. The Balaban J connectivity index is 0.00000162. The number of piperidine rings is 1. The molecular formula is C14H23BrCl2N2. The predicted octanol–water partition coefficient (Wildman–Crippen LogP) is 3.77. The van der Waals surface area contributed by atoms with Crippen LogP contribution < -0.4 is 5.73 Å². The average molecular weight is 370 g/mol. The van der Waals surface area contributed by atoms with Crippen LogP contribution in [0.1, 0.15) is 24.0 Å². The van der Waals surface area contributed by atoms with Gasteiger partial charge >= 0.3 is 0 Å². The molecule has 2 rings (SSSR count). The summed E-state index contributed by atoms with van der Waals surface area (Å²) >= 11 is 3.56. The minimum Gasteiger partial charge on any atom is -0.330 e. The lowest BCUT2D eigenvalue weighted by atomic mass is 9.97. The van der Waals surface area contributed by atoms with Gasteiger partial charge in [0.1, 0.15) is 0 Å². The molecule has 0 aliphatic carbocycles. The van der Waals surface area contributed by atoms with Crippen molar-refractivity contribution < 1.29 is 0 Å². The van der Waals surface area contributed by atoms with Gasteiger partial charge in [-0.3, -0.25) is 4.90 Å². The van der Waals surface area contributed by atoms with E-state index in [1.54, 1.807) is 0 Å². The summed E-state index contributed by atoms with van der Waals surface area (Å²) < 4.78 is 1.18. The van der Waals surface area contributed by atoms with Crippen molar-refractivity contribution in [3.05, 3.63) is 33.8 Å². The van der Waals surface area contributed by atoms with Crippen LogP contribution in [0.3, 0.4) is 0 Å². The van der Waals surface area contributed by atoms with Crippen LogP contribution in [0.15, 0.2) is 22.7 Å². The number of benzene rings is 1. The van der Waals surface area contributed by atoms with Crippen LogP contribution >= 0.6 is 40.7 Å². The molecule has 0 saturated carbocycles. The molecule has 1 aromatic rings. The predicted molar refractivity (Wildman–Crippen MR) is 90.4 cm³/mol. The SMILES string of the molecule is Cc1cc(Br)cc(CN2CCC(CN)CC2)c1.Cl.Cl. The number of nitrogens with zero attached hydrogens (tertiary/aromatic N) is 1. The summed E-state index contributed by atoms with van der Waals surface area (Å²) in [5, 5.41) is 0. The number of nitrogens with two attached hydrogens (primary N) is 1. The molecule has 0 amide bonds. The largest absolute Gasteiger partial charge is 0.330 e. The fraction of sp³-hybridized carbons (Fsp3) is 0.571. The van der Waals surface area contributed by atoms with Crippen molar-refractivity contribution in [3.8, 4) is 0 Å². The smallest absolute Gasteiger partial charge is 0.0234 e. The van der Waals surface area contributed by atoms with Crippen molar-refractivity contribution >= 4 is 40.7 Å². The topological polar surface area (TPSA) is 29.3 Å². The van der Waals surface area contributed by atoms with E-state index in [0.717, 1.165) is 19.0 Å². The van der Waals surface area contributed by atoms with E-state index in [1.165, 1.54) is 41.5 Å². The Morgan fingerprint density at radius 1 is 1.21 bits per heavy atom. The molecule has 1 fully saturated rings. The Morgan fingerprint density at radius 3 is 2.37 bits per heavy atom. The molecule has 1 aliphatic heterocycles. The molecule has 0 spiro atoms. The van der Waals surface area contributed by atoms with Crippen molar-refractivity contribution in [1.82, 2.24) is 4.90 Å². The van der Waals surface area contributed by atoms with Gasteiger partial charge in [-0.1, -0.05) is 22.0 Å². The first kappa shape index (κ1) is 19.2. The number of aryl methyl sites for hydroxylation is 1. The lowest BCUT2D eigenvalue weighted by Gasteiger charge is -2.31. The molecule has 0 bridgehead atoms. The molecule has 2 nitrogen and oxygen atoms in total. The Hall–Kier alpha value is 0.200. The van der Waals surface area contributed by atoms with E-state index in [0.29, 0.717) is 0 Å². The van der Waals surface area contributed by atoms with E-state index in [4.69, 9.17) is 5.73 Å². The molecule has 19 heavy (non-hydrogen) atoms. The molecule has 1 saturated heterocycles. The monoisotopic (exact) mass is 368 g/mol. The summed E-state index contributed by atoms with van der Waals surface area (Å²) in [6.07, 6.45) is 2.51. The van der Waals surface area contributed by atoms with E-state index < -0.39 is 0 Å². The van der Waals surface area contributed by atoms with Gasteiger partial charge in [-0.2, -0.15) is 0 Å². The Labute approximate surface area is 137 Å². The minimum atomic E-state index is 0. The van der Waals surface area contributed by atoms with Crippen LogP contribution in [-0.2, 0) is 6.54 Å². The lowest BCUT2D eigenvalue weighted by molar-refractivity contribution is 0.180. The van der Waals surface area contributed by atoms with Gasteiger partial charge in [0.05, 0.1) is 0 Å². The van der Waals surface area contributed by atoms with Gasteiger partial charge in [0.2, 0.25) is 0 Å². The van der Waals surface area contributed by atoms with Crippen LogP contribution in [0, 0.1) is 12.8 Å². The molecule has 1 aliphatic rings. The first-order valence-corrected chi connectivity index (χ1v) is 7.15. The van der Waals surface area contributed by atoms with Crippen LogP contribution in [0.2, 0.25) is 0 Å². The van der Waals surface area contributed by atoms with E-state index in [2.05, 4.69) is 46.0 Å². The average Bonchev–Trinajstić information content (AvgIpc) is 2.28. The highest BCUT2D eigenvalue weighted by molar-refractivity contribution is 9.10. The van der Waals surface area contributed by atoms with Crippen molar-refractivity contribution in [2.45, 2.75) is 26.3 Å². The van der Waals surface area contributed by atoms with E-state index in [9.17, 15) is 0 Å². The summed E-state index contributed by atoms with van der Waals surface area (Å²) in [4.78, 5) is 2.54. The van der Waals surface area contributed by atoms with Gasteiger partial charge in [0.25, 0.3) is 0 Å². The summed E-state index contributed by atoms with van der Waals surface area (Å²) in [5.41, 5.74) is 8.45. The zero-order valence-corrected chi connectivity index (χ0v) is 14.5. The fourth-order valence-electron chi connectivity index (χ4n) is 2.54. The highest BCUT2D eigenvalue weighted by Crippen LogP contribution is 2.20. The minimum absolute atomic E-state index is 0. The van der Waals surface area contributed by atoms with Crippen LogP contribution in [-0.4, -0.2) is 24.5 Å². The summed E-state index contributed by atoms with van der Waals surface area (Å²) in [6, 6.07) is 6.66. The lowest BCUT2D eigenvalue weighted by Crippen LogP contribution is -2.35. The highest BCUT2D eigenvalue weighted by atomic mass is 79.9. The maximum Gasteiger partial charge on any atom is 0.0234 e. The van der Waals surface area contributed by atoms with Gasteiger partial charge < -0.3 is 5.73 Å². The molecule has 0 unspecified atom stereocenters. The second-order valence-corrected chi connectivity index (χ2v) is 6.01. The maximum atomic E-state index is 5.72. The van der Waals surface area contributed by atoms with Crippen LogP contribution in [0.4, 0.5) is 0 Å². The third kappa shape index (κ3) is 6.01. The van der Waals surface area contributed by atoms with Crippen LogP contribution in [0.5, 0.6) is 0 Å². The van der Waals surface area contributed by atoms with Gasteiger partial charge in [-0.05, 0) is 68.6 Å². The molecule has 0 atom stereocenters. The number of hydrogen-bond acceptors (Lipinski definition) is 2. The summed E-state index contributed by atoms with van der Waals surface area (Å²) in [6.45, 7) is 6.44. The van der Waals surface area contributed by atoms with Crippen molar-refractivity contribution in [3.63, 3.8) is 0 Å². The second-order valence-electron chi connectivity index (χ2n) is 5.09. The zero-order valence-electron chi connectivity index (χ0n) is 11.3. The standard InChI is InChI=1S/C14H21BrN2.2ClH/c1-11-6-13(8-14(15)7-11)10-17-4-2-12(9-16)3-5-17;;/h6-8,12H,2-5,9-10,16H2,1H3;2*1H. The number of halogens is 3. The van der Waals surface area contributed by atoms with Gasteiger partial charge in [-0.15, -0.1) is 24.8 Å². The van der Waals surface area contributed by atoms with Gasteiger partial charge in [0, 0.05) is 11.0 Å². The second kappa shape index (κ2) is 9.19. The third-order valence-electron chi connectivity index (χ3n) is 3.55. The molecule has 1 aromatic carbocycles. The molecule has 0 aromatic heterocycles. The van der Waals surface area contributed by atoms with Crippen LogP contribution in [0.25, 0.3) is 0 Å². The van der Waals surface area contributed by atoms with Crippen molar-refractivity contribution in [1.29, 1.82) is 0 Å². The van der Waals surface area contributed by atoms with Crippen molar-refractivity contribution in [2.75, 3.05) is 19.6 Å². The first-order valence-electron chi connectivity index (χ1n) is 6.36. The molecule has 5 heteroatoms. The number of hydrogen-bond donors (Lipinski definition) is 1. The third-order valence-corrected chi connectivity index (χ3v) is 4.01. The van der Waals surface area contributed by atoms with E-state index in [-0.39, 0.29) is 24.8 Å². The Bertz CT molecular complexity index is 359. The number of rotatable bonds is 3. The molecule has 0 radical (unpaired) electrons. The zero-order chi connectivity index (χ0) is 12.3. The van der Waals surface area contributed by atoms with Gasteiger partial charge in [-0.25, -0.2) is 0 Å². The first-order chi connectivity index (χ1) is 8.17. The summed E-state index contributed by atoms with van der Waals surface area (Å²) in [7, 11) is 0. The van der Waals surface area contributed by atoms with Crippen molar-refractivity contribution in [2.24, 2.45) is 11.7 Å². The highest BCUT2D eigenvalue weighted by Gasteiger charge is 2.17. The fourth-order valence-corrected chi connectivity index (χ4v) is 3.20. The van der Waals surface area contributed by atoms with Gasteiger partial charge in [0.15, 0.2) is 0 Å².